The molecular weight excluding hydrogens is 321 g/mol. The lowest BCUT2D eigenvalue weighted by atomic mass is 9.79. The SMILES string of the molecule is NC(c1cccc(Br)c1F)C1CCOC2(CCCC2)C1. The zero-order chi connectivity index (χ0) is 14.2. The highest BCUT2D eigenvalue weighted by Crippen LogP contribution is 2.45. The van der Waals surface area contributed by atoms with Gasteiger partial charge in [-0.2, -0.15) is 0 Å². The van der Waals surface area contributed by atoms with Crippen LogP contribution < -0.4 is 5.73 Å². The Hall–Kier alpha value is -0.450. The molecule has 2 fully saturated rings. The molecule has 1 aromatic carbocycles. The van der Waals surface area contributed by atoms with Crippen LogP contribution in [0, 0.1) is 11.7 Å². The fourth-order valence-corrected chi connectivity index (χ4v) is 4.15. The van der Waals surface area contributed by atoms with Crippen LogP contribution >= 0.6 is 15.9 Å². The summed E-state index contributed by atoms with van der Waals surface area (Å²) in [6.45, 7) is 0.758. The summed E-state index contributed by atoms with van der Waals surface area (Å²) < 4.78 is 20.7. The third kappa shape index (κ3) is 2.66. The van der Waals surface area contributed by atoms with Gasteiger partial charge >= 0.3 is 0 Å². The van der Waals surface area contributed by atoms with Crippen molar-refractivity contribution in [3.63, 3.8) is 0 Å². The van der Waals surface area contributed by atoms with Gasteiger partial charge in [-0.15, -0.1) is 0 Å². The summed E-state index contributed by atoms with van der Waals surface area (Å²) in [6, 6.07) is 5.14. The molecule has 3 rings (SSSR count). The molecule has 1 saturated carbocycles. The molecule has 1 aliphatic heterocycles. The first kappa shape index (κ1) is 14.5. The van der Waals surface area contributed by atoms with Crippen molar-refractivity contribution < 1.29 is 9.13 Å². The molecule has 0 amide bonds. The molecule has 2 unspecified atom stereocenters. The normalized spacial score (nSPS) is 26.9. The van der Waals surface area contributed by atoms with Crippen molar-refractivity contribution in [2.45, 2.75) is 50.2 Å². The van der Waals surface area contributed by atoms with E-state index in [1.165, 1.54) is 12.8 Å². The highest BCUT2D eigenvalue weighted by molar-refractivity contribution is 9.10. The van der Waals surface area contributed by atoms with Gasteiger partial charge in [-0.1, -0.05) is 25.0 Å². The Bertz CT molecular complexity index is 487. The zero-order valence-electron chi connectivity index (χ0n) is 11.6. The Labute approximate surface area is 128 Å². The topological polar surface area (TPSA) is 35.2 Å². The first-order valence-corrected chi connectivity index (χ1v) is 8.24. The zero-order valence-corrected chi connectivity index (χ0v) is 13.2. The Morgan fingerprint density at radius 1 is 1.35 bits per heavy atom. The fraction of sp³-hybridized carbons (Fsp3) is 0.625. The minimum Gasteiger partial charge on any atom is -0.375 e. The molecule has 0 aromatic heterocycles. The third-order valence-electron chi connectivity index (χ3n) is 4.89. The van der Waals surface area contributed by atoms with Crippen molar-refractivity contribution in [1.29, 1.82) is 0 Å². The van der Waals surface area contributed by atoms with E-state index < -0.39 is 0 Å². The maximum atomic E-state index is 14.2. The summed E-state index contributed by atoms with van der Waals surface area (Å²) in [6.07, 6.45) is 6.66. The minimum absolute atomic E-state index is 0.0308. The van der Waals surface area contributed by atoms with E-state index in [1.54, 1.807) is 6.07 Å². The molecule has 20 heavy (non-hydrogen) atoms. The van der Waals surface area contributed by atoms with Gasteiger partial charge in [0.2, 0.25) is 0 Å². The van der Waals surface area contributed by atoms with Crippen LogP contribution in [-0.4, -0.2) is 12.2 Å². The highest BCUT2D eigenvalue weighted by Gasteiger charge is 2.41. The van der Waals surface area contributed by atoms with E-state index >= 15 is 0 Å². The van der Waals surface area contributed by atoms with Crippen LogP contribution in [0.1, 0.15) is 50.1 Å². The second-order valence-corrected chi connectivity index (χ2v) is 7.01. The van der Waals surface area contributed by atoms with Gasteiger partial charge < -0.3 is 10.5 Å². The van der Waals surface area contributed by atoms with Gasteiger partial charge in [-0.25, -0.2) is 4.39 Å². The van der Waals surface area contributed by atoms with Crippen molar-refractivity contribution in [3.8, 4) is 0 Å². The summed E-state index contributed by atoms with van der Waals surface area (Å²) in [5.74, 6) is 0.0950. The molecule has 0 radical (unpaired) electrons. The number of hydrogen-bond acceptors (Lipinski definition) is 2. The molecule has 2 nitrogen and oxygen atoms in total. The van der Waals surface area contributed by atoms with Gasteiger partial charge in [0.15, 0.2) is 0 Å². The first-order chi connectivity index (χ1) is 9.61. The molecular formula is C16H21BrFNO. The maximum absolute atomic E-state index is 14.2. The summed E-state index contributed by atoms with van der Waals surface area (Å²) >= 11 is 3.24. The van der Waals surface area contributed by atoms with Crippen molar-refractivity contribution in [3.05, 3.63) is 34.1 Å². The van der Waals surface area contributed by atoms with Crippen LogP contribution in [0.5, 0.6) is 0 Å². The largest absolute Gasteiger partial charge is 0.375 e. The number of nitrogens with two attached hydrogens (primary N) is 1. The van der Waals surface area contributed by atoms with Gasteiger partial charge in [-0.05, 0) is 53.6 Å². The highest BCUT2D eigenvalue weighted by atomic mass is 79.9. The first-order valence-electron chi connectivity index (χ1n) is 7.45. The lowest BCUT2D eigenvalue weighted by Gasteiger charge is -2.40. The summed E-state index contributed by atoms with van der Waals surface area (Å²) in [4.78, 5) is 0. The lowest BCUT2D eigenvalue weighted by Crippen LogP contribution is -2.40. The van der Waals surface area contributed by atoms with Crippen LogP contribution in [0.2, 0.25) is 0 Å². The molecule has 1 aromatic rings. The molecule has 0 bridgehead atoms. The molecule has 110 valence electrons. The van der Waals surface area contributed by atoms with Gasteiger partial charge in [0.1, 0.15) is 5.82 Å². The molecule has 1 spiro atoms. The molecule has 1 aliphatic carbocycles. The van der Waals surface area contributed by atoms with Crippen LogP contribution in [-0.2, 0) is 4.74 Å². The lowest BCUT2D eigenvalue weighted by molar-refractivity contribution is -0.0965. The Morgan fingerprint density at radius 3 is 2.85 bits per heavy atom. The fourth-order valence-electron chi connectivity index (χ4n) is 3.77. The van der Waals surface area contributed by atoms with Crippen LogP contribution in [0.15, 0.2) is 22.7 Å². The predicted octanol–water partition coefficient (Wildman–Crippen LogP) is 4.33. The quantitative estimate of drug-likeness (QED) is 0.868. The average Bonchev–Trinajstić information content (AvgIpc) is 2.89. The van der Waals surface area contributed by atoms with Gasteiger partial charge in [0, 0.05) is 18.2 Å². The number of benzene rings is 1. The monoisotopic (exact) mass is 341 g/mol. The van der Waals surface area contributed by atoms with Crippen LogP contribution in [0.4, 0.5) is 4.39 Å². The van der Waals surface area contributed by atoms with E-state index in [0.717, 1.165) is 32.3 Å². The molecule has 2 aliphatic rings. The standard InChI is InChI=1S/C16H21BrFNO/c17-13-5-3-4-12(14(13)18)15(19)11-6-9-20-16(10-11)7-1-2-8-16/h3-5,11,15H,1-2,6-10,19H2. The van der Waals surface area contributed by atoms with E-state index in [9.17, 15) is 4.39 Å². The molecule has 1 heterocycles. The molecule has 1 saturated heterocycles. The van der Waals surface area contributed by atoms with Crippen molar-refractivity contribution in [1.82, 2.24) is 0 Å². The summed E-state index contributed by atoms with van der Waals surface area (Å²) in [5, 5.41) is 0. The predicted molar refractivity (Wildman–Crippen MR) is 80.9 cm³/mol. The molecule has 2 atom stereocenters. The average molecular weight is 342 g/mol. The minimum atomic E-state index is -0.242. The van der Waals surface area contributed by atoms with E-state index in [2.05, 4.69) is 15.9 Å². The number of ether oxygens (including phenoxy) is 1. The third-order valence-corrected chi connectivity index (χ3v) is 5.51. The van der Waals surface area contributed by atoms with Crippen molar-refractivity contribution in [2.75, 3.05) is 6.61 Å². The van der Waals surface area contributed by atoms with E-state index in [0.29, 0.717) is 16.0 Å². The second kappa shape index (κ2) is 5.74. The van der Waals surface area contributed by atoms with E-state index in [1.807, 2.05) is 12.1 Å². The summed E-state index contributed by atoms with van der Waals surface area (Å²) in [5.41, 5.74) is 7.03. The van der Waals surface area contributed by atoms with Crippen molar-refractivity contribution in [2.24, 2.45) is 11.7 Å². The number of rotatable bonds is 2. The smallest absolute Gasteiger partial charge is 0.142 e. The van der Waals surface area contributed by atoms with Gasteiger partial charge in [0.25, 0.3) is 0 Å². The van der Waals surface area contributed by atoms with E-state index in [4.69, 9.17) is 10.5 Å². The Morgan fingerprint density at radius 2 is 2.10 bits per heavy atom. The van der Waals surface area contributed by atoms with Crippen molar-refractivity contribution >= 4 is 15.9 Å². The Kier molecular flexibility index (Phi) is 4.16. The molecule has 2 N–H and O–H groups in total. The maximum Gasteiger partial charge on any atom is 0.142 e. The van der Waals surface area contributed by atoms with Gasteiger partial charge in [-0.3, -0.25) is 0 Å². The van der Waals surface area contributed by atoms with Crippen LogP contribution in [0.3, 0.4) is 0 Å². The Balaban J connectivity index is 1.79. The van der Waals surface area contributed by atoms with Crippen LogP contribution in [0.25, 0.3) is 0 Å². The number of halogens is 2. The number of hydrogen-bond donors (Lipinski definition) is 1. The summed E-state index contributed by atoms with van der Waals surface area (Å²) in [7, 11) is 0. The van der Waals surface area contributed by atoms with Gasteiger partial charge in [0.05, 0.1) is 10.1 Å². The molecule has 4 heteroatoms. The second-order valence-electron chi connectivity index (χ2n) is 6.16. The van der Waals surface area contributed by atoms with E-state index in [-0.39, 0.29) is 17.5 Å².